The van der Waals surface area contributed by atoms with Crippen LogP contribution in [0.2, 0.25) is 0 Å². The molecule has 0 aromatic heterocycles. The van der Waals surface area contributed by atoms with Crippen LogP contribution in [0.15, 0.2) is 24.3 Å². The van der Waals surface area contributed by atoms with Crippen LogP contribution >= 0.6 is 0 Å². The van der Waals surface area contributed by atoms with Crippen molar-refractivity contribution in [3.05, 3.63) is 35.4 Å². The van der Waals surface area contributed by atoms with Crippen LogP contribution in [0, 0.1) is 5.41 Å². The zero-order valence-corrected chi connectivity index (χ0v) is 9.18. The zero-order chi connectivity index (χ0) is 12.1. The Kier molecular flexibility index (Phi) is 2.31. The molecule has 0 aliphatic heterocycles. The number of rotatable bonds is 1. The smallest absolute Gasteiger partial charge is 0.327 e. The maximum atomic E-state index is 12.5. The second-order valence-electron chi connectivity index (χ2n) is 4.95. The molecule has 1 nitrogen and oxygen atoms in total. The number of benzene rings is 1. The number of hydrogen-bond acceptors (Lipinski definition) is 1. The molecule has 0 amide bonds. The minimum Gasteiger partial charge on any atom is -0.327 e. The van der Waals surface area contributed by atoms with Crippen LogP contribution in [-0.4, -0.2) is 6.04 Å². The molecule has 1 aliphatic carbocycles. The SMILES string of the molecule is CC1(C)C(N)C1c1cccc(C(F)(F)F)c1. The summed E-state index contributed by atoms with van der Waals surface area (Å²) in [6.07, 6.45) is -4.28. The quantitative estimate of drug-likeness (QED) is 0.786. The van der Waals surface area contributed by atoms with Gasteiger partial charge in [0.1, 0.15) is 0 Å². The van der Waals surface area contributed by atoms with Crippen molar-refractivity contribution in [2.45, 2.75) is 32.0 Å². The summed E-state index contributed by atoms with van der Waals surface area (Å²) in [5.41, 5.74) is 5.85. The number of alkyl halides is 3. The molecule has 88 valence electrons. The molecule has 2 unspecified atom stereocenters. The standard InChI is InChI=1S/C12H14F3N/c1-11(2)9(10(11)16)7-4-3-5-8(6-7)12(13,14)15/h3-6,9-10H,16H2,1-2H3. The summed E-state index contributed by atoms with van der Waals surface area (Å²) in [6.45, 7) is 3.95. The average Bonchev–Trinajstić information content (AvgIpc) is 2.65. The Balaban J connectivity index is 2.32. The second kappa shape index (κ2) is 3.23. The fraction of sp³-hybridized carbons (Fsp3) is 0.500. The van der Waals surface area contributed by atoms with Gasteiger partial charge in [-0.25, -0.2) is 0 Å². The Hall–Kier alpha value is -1.03. The first-order valence-corrected chi connectivity index (χ1v) is 5.17. The molecule has 0 bridgehead atoms. The summed E-state index contributed by atoms with van der Waals surface area (Å²) in [6, 6.07) is 5.41. The van der Waals surface area contributed by atoms with Gasteiger partial charge in [-0.3, -0.25) is 0 Å². The monoisotopic (exact) mass is 229 g/mol. The van der Waals surface area contributed by atoms with Gasteiger partial charge in [-0.15, -0.1) is 0 Å². The lowest BCUT2D eigenvalue weighted by Crippen LogP contribution is -2.07. The Morgan fingerprint density at radius 1 is 1.25 bits per heavy atom. The van der Waals surface area contributed by atoms with E-state index >= 15 is 0 Å². The Labute approximate surface area is 92.5 Å². The lowest BCUT2D eigenvalue weighted by Gasteiger charge is -2.09. The summed E-state index contributed by atoms with van der Waals surface area (Å²) in [4.78, 5) is 0. The van der Waals surface area contributed by atoms with E-state index in [-0.39, 0.29) is 17.4 Å². The average molecular weight is 229 g/mol. The van der Waals surface area contributed by atoms with Gasteiger partial charge >= 0.3 is 6.18 Å². The van der Waals surface area contributed by atoms with Crippen LogP contribution < -0.4 is 5.73 Å². The normalized spacial score (nSPS) is 27.9. The maximum absolute atomic E-state index is 12.5. The van der Waals surface area contributed by atoms with E-state index in [9.17, 15) is 13.2 Å². The number of nitrogens with two attached hydrogens (primary N) is 1. The molecule has 0 radical (unpaired) electrons. The fourth-order valence-electron chi connectivity index (χ4n) is 2.22. The predicted octanol–water partition coefficient (Wildman–Crippen LogP) is 3.16. The van der Waals surface area contributed by atoms with E-state index in [4.69, 9.17) is 5.73 Å². The molecular weight excluding hydrogens is 215 g/mol. The van der Waals surface area contributed by atoms with Crippen LogP contribution in [0.1, 0.15) is 30.9 Å². The Morgan fingerprint density at radius 2 is 1.81 bits per heavy atom. The van der Waals surface area contributed by atoms with Crippen molar-refractivity contribution >= 4 is 0 Å². The molecule has 16 heavy (non-hydrogen) atoms. The molecule has 1 fully saturated rings. The second-order valence-corrected chi connectivity index (χ2v) is 4.95. The molecule has 1 aromatic rings. The molecule has 0 spiro atoms. The molecule has 2 atom stereocenters. The summed E-state index contributed by atoms with van der Waals surface area (Å²) in [7, 11) is 0. The van der Waals surface area contributed by atoms with Gasteiger partial charge < -0.3 is 5.73 Å². The maximum Gasteiger partial charge on any atom is 0.416 e. The van der Waals surface area contributed by atoms with Crippen LogP contribution in [0.3, 0.4) is 0 Å². The van der Waals surface area contributed by atoms with Gasteiger partial charge in [0.25, 0.3) is 0 Å². The highest BCUT2D eigenvalue weighted by Crippen LogP contribution is 2.57. The van der Waals surface area contributed by atoms with E-state index in [1.54, 1.807) is 6.07 Å². The van der Waals surface area contributed by atoms with Crippen molar-refractivity contribution < 1.29 is 13.2 Å². The fourth-order valence-corrected chi connectivity index (χ4v) is 2.22. The van der Waals surface area contributed by atoms with Gasteiger partial charge in [0.15, 0.2) is 0 Å². The first-order valence-electron chi connectivity index (χ1n) is 5.17. The molecule has 2 rings (SSSR count). The Morgan fingerprint density at radius 3 is 2.25 bits per heavy atom. The minimum atomic E-state index is -4.28. The molecule has 0 saturated heterocycles. The van der Waals surface area contributed by atoms with E-state index in [0.717, 1.165) is 6.07 Å². The van der Waals surface area contributed by atoms with E-state index < -0.39 is 11.7 Å². The summed E-state index contributed by atoms with van der Waals surface area (Å²) >= 11 is 0. The van der Waals surface area contributed by atoms with Crippen LogP contribution in [0.25, 0.3) is 0 Å². The first kappa shape index (κ1) is 11.5. The highest BCUT2D eigenvalue weighted by atomic mass is 19.4. The lowest BCUT2D eigenvalue weighted by atomic mass is 10.0. The molecule has 1 saturated carbocycles. The number of halogens is 3. The van der Waals surface area contributed by atoms with Crippen molar-refractivity contribution in [3.63, 3.8) is 0 Å². The summed E-state index contributed by atoms with van der Waals surface area (Å²) < 4.78 is 37.5. The molecule has 0 heterocycles. The van der Waals surface area contributed by atoms with E-state index in [1.807, 2.05) is 13.8 Å². The molecule has 2 N–H and O–H groups in total. The van der Waals surface area contributed by atoms with Crippen molar-refractivity contribution in [2.75, 3.05) is 0 Å². The lowest BCUT2D eigenvalue weighted by molar-refractivity contribution is -0.137. The van der Waals surface area contributed by atoms with Crippen LogP contribution in [0.4, 0.5) is 13.2 Å². The van der Waals surface area contributed by atoms with E-state index in [1.165, 1.54) is 12.1 Å². The summed E-state index contributed by atoms with van der Waals surface area (Å²) in [5.74, 6) is 0.0369. The van der Waals surface area contributed by atoms with Gasteiger partial charge in [0.05, 0.1) is 5.56 Å². The largest absolute Gasteiger partial charge is 0.416 e. The summed E-state index contributed by atoms with van der Waals surface area (Å²) in [5, 5.41) is 0. The zero-order valence-electron chi connectivity index (χ0n) is 9.18. The third kappa shape index (κ3) is 1.71. The molecule has 1 aromatic carbocycles. The molecule has 1 aliphatic rings. The van der Waals surface area contributed by atoms with Crippen LogP contribution in [0.5, 0.6) is 0 Å². The van der Waals surface area contributed by atoms with Gasteiger partial charge in [-0.2, -0.15) is 13.2 Å². The third-order valence-electron chi connectivity index (χ3n) is 3.48. The number of hydrogen-bond donors (Lipinski definition) is 1. The molecular formula is C12H14F3N. The molecule has 4 heteroatoms. The van der Waals surface area contributed by atoms with Crippen molar-refractivity contribution in [1.82, 2.24) is 0 Å². The van der Waals surface area contributed by atoms with Gasteiger partial charge in [0, 0.05) is 12.0 Å². The Bertz CT molecular complexity index is 409. The van der Waals surface area contributed by atoms with Gasteiger partial charge in [-0.1, -0.05) is 32.0 Å². The third-order valence-corrected chi connectivity index (χ3v) is 3.48. The van der Waals surface area contributed by atoms with E-state index in [0.29, 0.717) is 5.56 Å². The minimum absolute atomic E-state index is 0.0369. The van der Waals surface area contributed by atoms with Gasteiger partial charge in [0.2, 0.25) is 0 Å². The van der Waals surface area contributed by atoms with Crippen molar-refractivity contribution in [3.8, 4) is 0 Å². The predicted molar refractivity (Wildman–Crippen MR) is 55.9 cm³/mol. The van der Waals surface area contributed by atoms with Gasteiger partial charge in [-0.05, 0) is 17.0 Å². The first-order chi connectivity index (χ1) is 7.24. The topological polar surface area (TPSA) is 26.0 Å². The van der Waals surface area contributed by atoms with Crippen LogP contribution in [-0.2, 0) is 6.18 Å². The highest BCUT2D eigenvalue weighted by Gasteiger charge is 2.56. The van der Waals surface area contributed by atoms with Crippen molar-refractivity contribution in [1.29, 1.82) is 0 Å². The van der Waals surface area contributed by atoms with E-state index in [2.05, 4.69) is 0 Å². The van der Waals surface area contributed by atoms with Crippen molar-refractivity contribution in [2.24, 2.45) is 11.1 Å². The highest BCUT2D eigenvalue weighted by molar-refractivity contribution is 5.37.